The van der Waals surface area contributed by atoms with Gasteiger partial charge in [-0.3, -0.25) is 0 Å². The molecule has 1 aromatic carbocycles. The lowest BCUT2D eigenvalue weighted by Crippen LogP contribution is -2.24. The number of hydrogen-bond donors (Lipinski definition) is 1. The Balaban J connectivity index is 2.34. The Bertz CT molecular complexity index is 427. The fourth-order valence-corrected chi connectivity index (χ4v) is 1.60. The van der Waals surface area contributed by atoms with Gasteiger partial charge in [0.2, 0.25) is 0 Å². The fourth-order valence-electron chi connectivity index (χ4n) is 1.60. The molecule has 3 nitrogen and oxygen atoms in total. The van der Waals surface area contributed by atoms with Crippen molar-refractivity contribution in [2.75, 3.05) is 0 Å². The SMILES string of the molecule is CC(C)(C)OC(=O)C(O)=CCCCc1ccccc1. The van der Waals surface area contributed by atoms with E-state index in [4.69, 9.17) is 4.74 Å². The molecule has 104 valence electrons. The topological polar surface area (TPSA) is 46.5 Å². The van der Waals surface area contributed by atoms with Crippen LogP contribution in [0.4, 0.5) is 0 Å². The van der Waals surface area contributed by atoms with Gasteiger partial charge in [-0.1, -0.05) is 30.3 Å². The van der Waals surface area contributed by atoms with Crippen LogP contribution in [0.2, 0.25) is 0 Å². The van der Waals surface area contributed by atoms with Gasteiger partial charge >= 0.3 is 5.97 Å². The van der Waals surface area contributed by atoms with E-state index in [1.807, 2.05) is 18.2 Å². The number of unbranched alkanes of at least 4 members (excludes halogenated alkanes) is 1. The van der Waals surface area contributed by atoms with E-state index >= 15 is 0 Å². The summed E-state index contributed by atoms with van der Waals surface area (Å²) in [4.78, 5) is 11.5. The molecular formula is C16H22O3. The second-order valence-corrected chi connectivity index (χ2v) is 5.47. The number of carbonyl (C=O) groups excluding carboxylic acids is 1. The number of allylic oxidation sites excluding steroid dienone is 1. The molecule has 0 radical (unpaired) electrons. The lowest BCUT2D eigenvalue weighted by molar-refractivity contribution is -0.153. The van der Waals surface area contributed by atoms with Crippen molar-refractivity contribution in [3.8, 4) is 0 Å². The van der Waals surface area contributed by atoms with Crippen LogP contribution in [0, 0.1) is 0 Å². The van der Waals surface area contributed by atoms with E-state index in [1.54, 1.807) is 20.8 Å². The summed E-state index contributed by atoms with van der Waals surface area (Å²) in [5.74, 6) is -0.963. The summed E-state index contributed by atoms with van der Waals surface area (Å²) in [6.45, 7) is 5.31. The number of carbonyl (C=O) groups is 1. The molecule has 0 aliphatic carbocycles. The highest BCUT2D eigenvalue weighted by Crippen LogP contribution is 2.11. The van der Waals surface area contributed by atoms with Crippen molar-refractivity contribution < 1.29 is 14.6 Å². The van der Waals surface area contributed by atoms with Crippen molar-refractivity contribution in [3.05, 3.63) is 47.7 Å². The Hall–Kier alpha value is -1.77. The number of ether oxygens (including phenoxy) is 1. The average molecular weight is 262 g/mol. The Morgan fingerprint density at radius 3 is 2.47 bits per heavy atom. The number of aryl methyl sites for hydroxylation is 1. The van der Waals surface area contributed by atoms with Crippen LogP contribution in [0.25, 0.3) is 0 Å². The van der Waals surface area contributed by atoms with Gasteiger partial charge in [0.25, 0.3) is 0 Å². The molecule has 0 saturated heterocycles. The fraction of sp³-hybridized carbons (Fsp3) is 0.438. The Kier molecular flexibility index (Phi) is 5.61. The molecule has 0 bridgehead atoms. The van der Waals surface area contributed by atoms with Crippen molar-refractivity contribution in [1.82, 2.24) is 0 Å². The van der Waals surface area contributed by atoms with Gasteiger partial charge in [-0.05, 0) is 51.7 Å². The number of benzene rings is 1. The van der Waals surface area contributed by atoms with E-state index in [2.05, 4.69) is 12.1 Å². The zero-order valence-electron chi connectivity index (χ0n) is 11.8. The maximum Gasteiger partial charge on any atom is 0.373 e. The van der Waals surface area contributed by atoms with Gasteiger partial charge < -0.3 is 9.84 Å². The van der Waals surface area contributed by atoms with E-state index in [-0.39, 0.29) is 5.76 Å². The van der Waals surface area contributed by atoms with Crippen LogP contribution < -0.4 is 0 Å². The summed E-state index contributed by atoms with van der Waals surface area (Å²) in [6, 6.07) is 10.1. The highest BCUT2D eigenvalue weighted by molar-refractivity contribution is 5.85. The molecule has 0 unspecified atom stereocenters. The largest absolute Gasteiger partial charge is 0.502 e. The third kappa shape index (κ3) is 6.65. The zero-order chi connectivity index (χ0) is 14.3. The molecule has 0 spiro atoms. The molecule has 0 aliphatic heterocycles. The predicted octanol–water partition coefficient (Wildman–Crippen LogP) is 3.79. The van der Waals surface area contributed by atoms with Gasteiger partial charge in [0.15, 0.2) is 5.76 Å². The van der Waals surface area contributed by atoms with Gasteiger partial charge in [-0.15, -0.1) is 0 Å². The molecule has 0 amide bonds. The van der Waals surface area contributed by atoms with Crippen molar-refractivity contribution in [3.63, 3.8) is 0 Å². The monoisotopic (exact) mass is 262 g/mol. The smallest absolute Gasteiger partial charge is 0.373 e. The summed E-state index contributed by atoms with van der Waals surface area (Å²) in [7, 11) is 0. The molecule has 1 aromatic rings. The van der Waals surface area contributed by atoms with E-state index in [1.165, 1.54) is 11.6 Å². The minimum Gasteiger partial charge on any atom is -0.502 e. The van der Waals surface area contributed by atoms with Crippen molar-refractivity contribution in [2.45, 2.75) is 45.6 Å². The number of rotatable bonds is 5. The first-order valence-corrected chi connectivity index (χ1v) is 6.55. The highest BCUT2D eigenvalue weighted by Gasteiger charge is 2.18. The van der Waals surface area contributed by atoms with Gasteiger partial charge in [0, 0.05) is 0 Å². The van der Waals surface area contributed by atoms with Crippen LogP contribution >= 0.6 is 0 Å². The quantitative estimate of drug-likeness (QED) is 0.380. The standard InChI is InChI=1S/C16H22O3/c1-16(2,3)19-15(18)14(17)12-8-7-11-13-9-5-4-6-10-13/h4-6,9-10,12,17H,7-8,11H2,1-3H3. The number of esters is 1. The molecule has 0 heterocycles. The summed E-state index contributed by atoms with van der Waals surface area (Å²) >= 11 is 0. The molecule has 3 heteroatoms. The van der Waals surface area contributed by atoms with Crippen LogP contribution in [0.15, 0.2) is 42.2 Å². The second kappa shape index (κ2) is 6.98. The lowest BCUT2D eigenvalue weighted by atomic mass is 10.1. The number of hydrogen-bond acceptors (Lipinski definition) is 3. The number of aliphatic hydroxyl groups is 1. The van der Waals surface area contributed by atoms with Crippen molar-refractivity contribution in [2.24, 2.45) is 0 Å². The third-order valence-corrected chi connectivity index (χ3v) is 2.46. The zero-order valence-corrected chi connectivity index (χ0v) is 11.8. The molecule has 0 aliphatic rings. The Labute approximate surface area is 114 Å². The van der Waals surface area contributed by atoms with E-state index in [0.29, 0.717) is 6.42 Å². The van der Waals surface area contributed by atoms with E-state index in [0.717, 1.165) is 12.8 Å². The molecule has 0 atom stereocenters. The van der Waals surface area contributed by atoms with Crippen molar-refractivity contribution >= 4 is 5.97 Å². The van der Waals surface area contributed by atoms with Gasteiger partial charge in [0.1, 0.15) is 5.60 Å². The lowest BCUT2D eigenvalue weighted by Gasteiger charge is -2.18. The first kappa shape index (κ1) is 15.3. The van der Waals surface area contributed by atoms with Crippen molar-refractivity contribution in [1.29, 1.82) is 0 Å². The molecule has 1 N–H and O–H groups in total. The number of aliphatic hydroxyl groups excluding tert-OH is 1. The second-order valence-electron chi connectivity index (χ2n) is 5.47. The van der Waals surface area contributed by atoms with Crippen LogP contribution in [-0.2, 0) is 16.0 Å². The summed E-state index contributed by atoms with van der Waals surface area (Å²) in [5, 5.41) is 9.56. The summed E-state index contributed by atoms with van der Waals surface area (Å²) in [6.07, 6.45) is 3.99. The van der Waals surface area contributed by atoms with Crippen LogP contribution in [0.3, 0.4) is 0 Å². The Morgan fingerprint density at radius 2 is 1.89 bits per heavy atom. The minimum absolute atomic E-state index is 0.303. The predicted molar refractivity (Wildman–Crippen MR) is 75.9 cm³/mol. The van der Waals surface area contributed by atoms with Gasteiger partial charge in [0.05, 0.1) is 0 Å². The average Bonchev–Trinajstić information content (AvgIpc) is 2.33. The van der Waals surface area contributed by atoms with E-state index in [9.17, 15) is 9.90 Å². The van der Waals surface area contributed by atoms with Gasteiger partial charge in [-0.25, -0.2) is 4.79 Å². The minimum atomic E-state index is -0.660. The molecule has 0 fully saturated rings. The van der Waals surface area contributed by atoms with E-state index < -0.39 is 11.6 Å². The molecule has 0 aromatic heterocycles. The molecule has 19 heavy (non-hydrogen) atoms. The summed E-state index contributed by atoms with van der Waals surface area (Å²) < 4.78 is 5.06. The van der Waals surface area contributed by atoms with Crippen LogP contribution in [0.1, 0.15) is 39.2 Å². The third-order valence-electron chi connectivity index (χ3n) is 2.46. The summed E-state index contributed by atoms with van der Waals surface area (Å²) in [5.41, 5.74) is 0.677. The first-order chi connectivity index (χ1) is 8.88. The normalized spacial score (nSPS) is 12.3. The molecule has 0 saturated carbocycles. The first-order valence-electron chi connectivity index (χ1n) is 6.55. The maximum atomic E-state index is 11.5. The van der Waals surface area contributed by atoms with Crippen LogP contribution in [0.5, 0.6) is 0 Å². The molecular weight excluding hydrogens is 240 g/mol. The maximum absolute atomic E-state index is 11.5. The van der Waals surface area contributed by atoms with Gasteiger partial charge in [-0.2, -0.15) is 0 Å². The molecule has 1 rings (SSSR count). The Morgan fingerprint density at radius 1 is 1.26 bits per heavy atom. The highest BCUT2D eigenvalue weighted by atomic mass is 16.6. The van der Waals surface area contributed by atoms with Crippen LogP contribution in [-0.4, -0.2) is 16.7 Å².